The van der Waals surface area contributed by atoms with Crippen molar-refractivity contribution in [3.63, 3.8) is 0 Å². The number of fused-ring (bicyclic) bond motifs is 1. The smallest absolute Gasteiger partial charge is 0.133 e. The third kappa shape index (κ3) is 3.31. The van der Waals surface area contributed by atoms with E-state index in [1.807, 2.05) is 0 Å². The van der Waals surface area contributed by atoms with E-state index in [1.165, 1.54) is 32.1 Å². The molecule has 18 heavy (non-hydrogen) atoms. The van der Waals surface area contributed by atoms with Gasteiger partial charge < -0.3 is 9.67 Å². The van der Waals surface area contributed by atoms with Gasteiger partial charge in [0.1, 0.15) is 11.6 Å². The van der Waals surface area contributed by atoms with E-state index in [4.69, 9.17) is 0 Å². The predicted molar refractivity (Wildman–Crippen MR) is 71.4 cm³/mol. The summed E-state index contributed by atoms with van der Waals surface area (Å²) in [5.41, 5.74) is 0. The van der Waals surface area contributed by atoms with Crippen molar-refractivity contribution in [2.75, 3.05) is 6.61 Å². The van der Waals surface area contributed by atoms with Crippen LogP contribution < -0.4 is 0 Å². The van der Waals surface area contributed by atoms with Crippen LogP contribution in [0, 0.1) is 5.92 Å². The molecule has 2 heterocycles. The van der Waals surface area contributed by atoms with Crippen molar-refractivity contribution in [2.45, 2.75) is 64.8 Å². The molecule has 1 aromatic rings. The highest BCUT2D eigenvalue weighted by molar-refractivity contribution is 5.00. The van der Waals surface area contributed by atoms with Gasteiger partial charge in [-0.05, 0) is 12.8 Å². The van der Waals surface area contributed by atoms with E-state index in [1.54, 1.807) is 0 Å². The highest BCUT2D eigenvalue weighted by Crippen LogP contribution is 2.20. The Balaban J connectivity index is 1.84. The van der Waals surface area contributed by atoms with E-state index in [2.05, 4.69) is 21.7 Å². The summed E-state index contributed by atoms with van der Waals surface area (Å²) >= 11 is 0. The molecule has 0 aliphatic carbocycles. The normalized spacial score (nSPS) is 18.9. The predicted octanol–water partition coefficient (Wildman–Crippen LogP) is 2.35. The van der Waals surface area contributed by atoms with Gasteiger partial charge in [-0.15, -0.1) is 10.2 Å². The first-order valence-corrected chi connectivity index (χ1v) is 7.37. The van der Waals surface area contributed by atoms with Crippen molar-refractivity contribution in [3.8, 4) is 0 Å². The van der Waals surface area contributed by atoms with Crippen LogP contribution in [0.4, 0.5) is 0 Å². The van der Waals surface area contributed by atoms with E-state index in [-0.39, 0.29) is 6.61 Å². The van der Waals surface area contributed by atoms with Gasteiger partial charge in [0.2, 0.25) is 0 Å². The number of hydrogen-bond donors (Lipinski definition) is 1. The van der Waals surface area contributed by atoms with Gasteiger partial charge in [0.15, 0.2) is 0 Å². The molecule has 1 N–H and O–H groups in total. The molecule has 0 bridgehead atoms. The third-order valence-electron chi connectivity index (χ3n) is 3.88. The summed E-state index contributed by atoms with van der Waals surface area (Å²) in [7, 11) is 0. The molecular weight excluding hydrogens is 226 g/mol. The third-order valence-corrected chi connectivity index (χ3v) is 3.88. The lowest BCUT2D eigenvalue weighted by Crippen LogP contribution is -2.24. The molecule has 1 unspecified atom stereocenters. The fourth-order valence-electron chi connectivity index (χ4n) is 2.67. The van der Waals surface area contributed by atoms with Gasteiger partial charge in [-0.3, -0.25) is 0 Å². The topological polar surface area (TPSA) is 50.9 Å². The molecule has 102 valence electrons. The van der Waals surface area contributed by atoms with Gasteiger partial charge in [0.25, 0.3) is 0 Å². The van der Waals surface area contributed by atoms with Crippen molar-refractivity contribution in [2.24, 2.45) is 5.92 Å². The van der Waals surface area contributed by atoms with Crippen LogP contribution in [-0.4, -0.2) is 26.5 Å². The Bertz CT molecular complexity index is 362. The van der Waals surface area contributed by atoms with Crippen molar-refractivity contribution in [3.05, 3.63) is 11.6 Å². The summed E-state index contributed by atoms with van der Waals surface area (Å²) in [4.78, 5) is 0. The highest BCUT2D eigenvalue weighted by atomic mass is 16.3. The molecule has 4 nitrogen and oxygen atoms in total. The van der Waals surface area contributed by atoms with Crippen LogP contribution in [-0.2, 0) is 19.4 Å². The molecule has 0 aromatic carbocycles. The zero-order chi connectivity index (χ0) is 12.8. The van der Waals surface area contributed by atoms with E-state index in [0.717, 1.165) is 37.5 Å². The van der Waals surface area contributed by atoms with Crippen molar-refractivity contribution >= 4 is 0 Å². The standard InChI is InChI=1S/C14H25N3O/c1-2-3-4-5-6-7-13-15-16-14-9-8-12(11-18)10-17(13)14/h12,18H,2-11H2,1H3. The number of aromatic nitrogens is 3. The number of hydrogen-bond acceptors (Lipinski definition) is 3. The Morgan fingerprint density at radius 2 is 2.06 bits per heavy atom. The number of aliphatic hydroxyl groups excluding tert-OH is 1. The van der Waals surface area contributed by atoms with Crippen LogP contribution in [0.5, 0.6) is 0 Å². The second kappa shape index (κ2) is 6.88. The summed E-state index contributed by atoms with van der Waals surface area (Å²) in [6.45, 7) is 3.43. The molecule has 2 rings (SSSR count). The van der Waals surface area contributed by atoms with Crippen LogP contribution in [0.3, 0.4) is 0 Å². The number of aryl methyl sites for hydroxylation is 2. The number of aliphatic hydroxyl groups is 1. The fraction of sp³-hybridized carbons (Fsp3) is 0.857. The van der Waals surface area contributed by atoms with E-state index < -0.39 is 0 Å². The molecule has 0 amide bonds. The average Bonchev–Trinajstić information content (AvgIpc) is 2.81. The Hall–Kier alpha value is -0.900. The molecule has 0 saturated heterocycles. The fourth-order valence-corrected chi connectivity index (χ4v) is 2.67. The van der Waals surface area contributed by atoms with Gasteiger partial charge in [-0.2, -0.15) is 0 Å². The Labute approximate surface area is 109 Å². The van der Waals surface area contributed by atoms with Crippen LogP contribution in [0.2, 0.25) is 0 Å². The van der Waals surface area contributed by atoms with Crippen molar-refractivity contribution in [1.29, 1.82) is 0 Å². The van der Waals surface area contributed by atoms with Gasteiger partial charge in [0.05, 0.1) is 0 Å². The number of unbranched alkanes of at least 4 members (excludes halogenated alkanes) is 4. The quantitative estimate of drug-likeness (QED) is 0.757. The van der Waals surface area contributed by atoms with Crippen LogP contribution in [0.15, 0.2) is 0 Å². The minimum absolute atomic E-state index is 0.285. The lowest BCUT2D eigenvalue weighted by atomic mass is 10.00. The average molecular weight is 251 g/mol. The maximum atomic E-state index is 9.26. The highest BCUT2D eigenvalue weighted by Gasteiger charge is 2.21. The SMILES string of the molecule is CCCCCCCc1nnc2n1CC(CO)CC2. The van der Waals surface area contributed by atoms with E-state index in [0.29, 0.717) is 5.92 Å². The lowest BCUT2D eigenvalue weighted by Gasteiger charge is -2.22. The molecule has 0 saturated carbocycles. The molecule has 0 fully saturated rings. The molecule has 1 aliphatic heterocycles. The molecule has 1 atom stereocenters. The minimum atomic E-state index is 0.285. The number of nitrogens with zero attached hydrogens (tertiary/aromatic N) is 3. The van der Waals surface area contributed by atoms with E-state index in [9.17, 15) is 5.11 Å². The van der Waals surface area contributed by atoms with Gasteiger partial charge in [-0.1, -0.05) is 32.6 Å². The second-order valence-corrected chi connectivity index (χ2v) is 5.39. The first-order chi connectivity index (χ1) is 8.85. The lowest BCUT2D eigenvalue weighted by molar-refractivity contribution is 0.189. The zero-order valence-electron chi connectivity index (χ0n) is 11.4. The van der Waals surface area contributed by atoms with Crippen molar-refractivity contribution in [1.82, 2.24) is 14.8 Å². The van der Waals surface area contributed by atoms with Gasteiger partial charge >= 0.3 is 0 Å². The minimum Gasteiger partial charge on any atom is -0.396 e. The second-order valence-electron chi connectivity index (χ2n) is 5.39. The summed E-state index contributed by atoms with van der Waals surface area (Å²) in [5, 5.41) is 17.9. The van der Waals surface area contributed by atoms with Crippen LogP contribution in [0.1, 0.15) is 57.1 Å². The van der Waals surface area contributed by atoms with Gasteiger partial charge in [-0.25, -0.2) is 0 Å². The van der Waals surface area contributed by atoms with Crippen LogP contribution >= 0.6 is 0 Å². The molecule has 1 aliphatic rings. The molecule has 4 heteroatoms. The Morgan fingerprint density at radius 3 is 2.83 bits per heavy atom. The number of rotatable bonds is 7. The van der Waals surface area contributed by atoms with Crippen molar-refractivity contribution < 1.29 is 5.11 Å². The summed E-state index contributed by atoms with van der Waals surface area (Å²) < 4.78 is 2.24. The summed E-state index contributed by atoms with van der Waals surface area (Å²) in [6, 6.07) is 0. The molecule has 0 spiro atoms. The molecule has 0 radical (unpaired) electrons. The summed E-state index contributed by atoms with van der Waals surface area (Å²) in [5.74, 6) is 2.63. The Kier molecular flexibility index (Phi) is 5.17. The van der Waals surface area contributed by atoms with Crippen LogP contribution in [0.25, 0.3) is 0 Å². The largest absolute Gasteiger partial charge is 0.396 e. The first kappa shape index (κ1) is 13.5. The monoisotopic (exact) mass is 251 g/mol. The first-order valence-electron chi connectivity index (χ1n) is 7.37. The maximum Gasteiger partial charge on any atom is 0.133 e. The molecule has 1 aromatic heterocycles. The maximum absolute atomic E-state index is 9.26. The van der Waals surface area contributed by atoms with Gasteiger partial charge in [0, 0.05) is 31.9 Å². The summed E-state index contributed by atoms with van der Waals surface area (Å²) in [6.07, 6.45) is 9.51. The molecular formula is C14H25N3O. The van der Waals surface area contributed by atoms with E-state index >= 15 is 0 Å². The zero-order valence-corrected chi connectivity index (χ0v) is 11.4. The Morgan fingerprint density at radius 1 is 1.22 bits per heavy atom.